The smallest absolute Gasteiger partial charge is 0.0639 e. The van der Waals surface area contributed by atoms with Crippen LogP contribution in [0.3, 0.4) is 0 Å². The fraction of sp³-hybridized carbons (Fsp3) is 0.600. The number of fused-ring (bicyclic) bond motifs is 3. The van der Waals surface area contributed by atoms with Gasteiger partial charge in [0.1, 0.15) is 0 Å². The number of aromatic nitrogens is 1. The third-order valence-electron chi connectivity index (χ3n) is 6.95. The van der Waals surface area contributed by atoms with Crippen LogP contribution in [0.15, 0.2) is 24.3 Å². The number of para-hydroxylation sites is 1. The molecule has 4 heterocycles. The highest BCUT2D eigenvalue weighted by Crippen LogP contribution is 2.59. The molecule has 1 N–H and O–H groups in total. The van der Waals surface area contributed by atoms with E-state index in [1.165, 1.54) is 43.3 Å². The lowest BCUT2D eigenvalue weighted by molar-refractivity contribution is -0.0421. The molecule has 0 amide bonds. The molecule has 5 rings (SSSR count). The summed E-state index contributed by atoms with van der Waals surface area (Å²) in [5, 5.41) is 11.6. The van der Waals surface area contributed by atoms with Crippen LogP contribution in [0.4, 0.5) is 0 Å². The van der Waals surface area contributed by atoms with Gasteiger partial charge in [-0.3, -0.25) is 4.90 Å². The second-order valence-corrected chi connectivity index (χ2v) is 7.80. The largest absolute Gasteiger partial charge is 0.394 e. The summed E-state index contributed by atoms with van der Waals surface area (Å²) in [5.74, 6) is 0. The summed E-state index contributed by atoms with van der Waals surface area (Å²) in [7, 11) is 0. The van der Waals surface area contributed by atoms with Crippen LogP contribution in [0.25, 0.3) is 10.9 Å². The van der Waals surface area contributed by atoms with Gasteiger partial charge in [0.2, 0.25) is 0 Å². The molecule has 1 saturated heterocycles. The van der Waals surface area contributed by atoms with Crippen LogP contribution in [0.5, 0.6) is 0 Å². The van der Waals surface area contributed by atoms with E-state index in [-0.39, 0.29) is 12.6 Å². The molecule has 0 bridgehead atoms. The van der Waals surface area contributed by atoms with Crippen LogP contribution in [-0.4, -0.2) is 34.3 Å². The Hall–Kier alpha value is -1.32. The zero-order valence-electron chi connectivity index (χ0n) is 14.0. The fourth-order valence-electron chi connectivity index (χ4n) is 5.99. The van der Waals surface area contributed by atoms with Gasteiger partial charge in [0.15, 0.2) is 0 Å². The van der Waals surface area contributed by atoms with Gasteiger partial charge in [0, 0.05) is 23.1 Å². The highest BCUT2D eigenvalue weighted by Gasteiger charge is 2.52. The molecule has 1 aromatic heterocycles. The van der Waals surface area contributed by atoms with E-state index in [0.717, 1.165) is 12.8 Å². The molecule has 0 radical (unpaired) electrons. The summed E-state index contributed by atoms with van der Waals surface area (Å²) in [6, 6.07) is 9.67. The highest BCUT2D eigenvalue weighted by molar-refractivity contribution is 5.86. The molecular formula is C20H26N2O. The Morgan fingerprint density at radius 2 is 2.13 bits per heavy atom. The van der Waals surface area contributed by atoms with E-state index in [2.05, 4.69) is 40.7 Å². The van der Waals surface area contributed by atoms with Crippen LogP contribution in [0.1, 0.15) is 55.9 Å². The first-order valence-corrected chi connectivity index (χ1v) is 9.25. The van der Waals surface area contributed by atoms with Gasteiger partial charge < -0.3 is 9.67 Å². The van der Waals surface area contributed by atoms with Gasteiger partial charge in [0.25, 0.3) is 0 Å². The summed E-state index contributed by atoms with van der Waals surface area (Å²) in [5.41, 5.74) is 4.82. The lowest BCUT2D eigenvalue weighted by atomic mass is 9.63. The number of aliphatic hydroxyl groups is 1. The Morgan fingerprint density at radius 3 is 2.96 bits per heavy atom. The molecule has 0 aliphatic carbocycles. The monoisotopic (exact) mass is 310 g/mol. The number of piperidine rings is 1. The maximum absolute atomic E-state index is 10.2. The van der Waals surface area contributed by atoms with E-state index in [9.17, 15) is 5.11 Å². The second-order valence-electron chi connectivity index (χ2n) is 7.80. The molecule has 23 heavy (non-hydrogen) atoms. The average molecular weight is 310 g/mol. The van der Waals surface area contributed by atoms with Gasteiger partial charge in [-0.25, -0.2) is 0 Å². The first-order valence-electron chi connectivity index (χ1n) is 9.25. The van der Waals surface area contributed by atoms with Crippen LogP contribution in [-0.2, 0) is 6.42 Å². The van der Waals surface area contributed by atoms with Gasteiger partial charge >= 0.3 is 0 Å². The Balaban J connectivity index is 1.85. The fourth-order valence-corrected chi connectivity index (χ4v) is 5.99. The van der Waals surface area contributed by atoms with Crippen LogP contribution in [0.2, 0.25) is 0 Å². The number of hydrogen-bond donors (Lipinski definition) is 1. The van der Waals surface area contributed by atoms with Crippen LogP contribution in [0, 0.1) is 5.41 Å². The Labute approximate surface area is 137 Å². The van der Waals surface area contributed by atoms with E-state index in [1.807, 2.05) is 0 Å². The minimum absolute atomic E-state index is 0.248. The highest BCUT2D eigenvalue weighted by atomic mass is 16.3. The second kappa shape index (κ2) is 4.84. The molecule has 2 unspecified atom stereocenters. The Morgan fingerprint density at radius 1 is 1.26 bits per heavy atom. The Kier molecular flexibility index (Phi) is 2.96. The number of aliphatic hydroxyl groups excluding tert-OH is 1. The lowest BCUT2D eigenvalue weighted by Gasteiger charge is -2.56. The van der Waals surface area contributed by atoms with Crippen LogP contribution >= 0.6 is 0 Å². The van der Waals surface area contributed by atoms with Gasteiger partial charge in [-0.05, 0) is 55.7 Å². The van der Waals surface area contributed by atoms with E-state index in [1.54, 1.807) is 11.3 Å². The summed E-state index contributed by atoms with van der Waals surface area (Å²) in [4.78, 5) is 2.75. The molecule has 2 aromatic rings. The van der Waals surface area contributed by atoms with E-state index in [0.29, 0.717) is 11.5 Å². The number of hydrogen-bond acceptors (Lipinski definition) is 2. The van der Waals surface area contributed by atoms with Crippen molar-refractivity contribution in [3.05, 3.63) is 35.5 Å². The third kappa shape index (κ3) is 1.67. The maximum Gasteiger partial charge on any atom is 0.0639 e. The van der Waals surface area contributed by atoms with Crippen molar-refractivity contribution in [2.45, 2.75) is 51.1 Å². The molecule has 3 aliphatic heterocycles. The molecule has 1 aromatic carbocycles. The molecule has 3 atom stereocenters. The zero-order valence-corrected chi connectivity index (χ0v) is 14.0. The molecule has 0 saturated carbocycles. The first-order chi connectivity index (χ1) is 11.3. The summed E-state index contributed by atoms with van der Waals surface area (Å²) >= 11 is 0. The van der Waals surface area contributed by atoms with Crippen molar-refractivity contribution in [2.24, 2.45) is 5.41 Å². The predicted molar refractivity (Wildman–Crippen MR) is 92.7 cm³/mol. The predicted octanol–water partition coefficient (Wildman–Crippen LogP) is 3.67. The zero-order chi connectivity index (χ0) is 15.6. The number of benzene rings is 1. The van der Waals surface area contributed by atoms with Crippen molar-refractivity contribution in [3.8, 4) is 0 Å². The van der Waals surface area contributed by atoms with Gasteiger partial charge in [0.05, 0.1) is 18.7 Å². The third-order valence-corrected chi connectivity index (χ3v) is 6.95. The minimum atomic E-state index is 0.248. The van der Waals surface area contributed by atoms with Gasteiger partial charge in [-0.1, -0.05) is 25.1 Å². The molecule has 3 aliphatic rings. The van der Waals surface area contributed by atoms with Crippen molar-refractivity contribution < 1.29 is 5.11 Å². The van der Waals surface area contributed by atoms with E-state index < -0.39 is 0 Å². The molecule has 3 heteroatoms. The summed E-state index contributed by atoms with van der Waals surface area (Å²) in [6.07, 6.45) is 6.16. The molecule has 0 spiro atoms. The molecular weight excluding hydrogens is 284 g/mol. The molecule has 1 fully saturated rings. The lowest BCUT2D eigenvalue weighted by Crippen LogP contribution is -2.53. The van der Waals surface area contributed by atoms with Crippen LogP contribution < -0.4 is 0 Å². The van der Waals surface area contributed by atoms with Crippen molar-refractivity contribution in [3.63, 3.8) is 0 Å². The average Bonchev–Trinajstić information content (AvgIpc) is 2.95. The molecule has 122 valence electrons. The first kappa shape index (κ1) is 14.1. The van der Waals surface area contributed by atoms with Crippen molar-refractivity contribution in [1.29, 1.82) is 0 Å². The van der Waals surface area contributed by atoms with Crippen molar-refractivity contribution in [2.75, 3.05) is 19.7 Å². The molecule has 3 nitrogen and oxygen atoms in total. The normalized spacial score (nSPS) is 33.0. The standard InChI is InChI=1S/C20H26N2O/c1-2-20-9-5-10-21-11-8-16-15-6-3-4-7-17(15)22(14(12-20)13-23)18(16)19(20)21/h3-4,6-7,14,19,23H,2,5,8-13H2,1H3/t14?,19-,20?/m1/s1. The quantitative estimate of drug-likeness (QED) is 0.917. The van der Waals surface area contributed by atoms with Crippen molar-refractivity contribution >= 4 is 10.9 Å². The number of rotatable bonds is 2. The van der Waals surface area contributed by atoms with Gasteiger partial charge in [-0.15, -0.1) is 0 Å². The minimum Gasteiger partial charge on any atom is -0.394 e. The maximum atomic E-state index is 10.2. The Bertz CT molecular complexity index is 764. The topological polar surface area (TPSA) is 28.4 Å². The SMILES string of the molecule is CCC12CCCN3CCc4c(n(c5ccccc45)C(CO)C1)[C@@H]32. The summed E-state index contributed by atoms with van der Waals surface area (Å²) in [6.45, 7) is 5.08. The van der Waals surface area contributed by atoms with Gasteiger partial charge in [-0.2, -0.15) is 0 Å². The van der Waals surface area contributed by atoms with E-state index >= 15 is 0 Å². The summed E-state index contributed by atoms with van der Waals surface area (Å²) < 4.78 is 2.51. The van der Waals surface area contributed by atoms with Crippen molar-refractivity contribution in [1.82, 2.24) is 9.47 Å². The number of nitrogens with zero attached hydrogens (tertiary/aromatic N) is 2. The van der Waals surface area contributed by atoms with E-state index in [4.69, 9.17) is 0 Å².